The van der Waals surface area contributed by atoms with E-state index in [-0.39, 0.29) is 5.91 Å². The summed E-state index contributed by atoms with van der Waals surface area (Å²) in [6, 6.07) is 13.8. The average molecular weight is 300 g/mol. The summed E-state index contributed by atoms with van der Waals surface area (Å²) >= 11 is 1.79. The maximum absolute atomic E-state index is 11.9. The van der Waals surface area contributed by atoms with Gasteiger partial charge in [0, 0.05) is 29.8 Å². The Labute approximate surface area is 130 Å². The number of aryl methyl sites for hydroxylation is 2. The Hall–Kier alpha value is -1.81. The van der Waals surface area contributed by atoms with Crippen molar-refractivity contribution in [2.75, 3.05) is 16.8 Å². The molecule has 1 aromatic carbocycles. The highest BCUT2D eigenvalue weighted by atomic mass is 32.2. The van der Waals surface area contributed by atoms with Crippen LogP contribution in [0.5, 0.6) is 0 Å². The smallest absolute Gasteiger partial charge is 0.225 e. The highest BCUT2D eigenvalue weighted by molar-refractivity contribution is 7.99. The van der Waals surface area contributed by atoms with E-state index in [1.165, 1.54) is 0 Å². The number of amides is 1. The predicted molar refractivity (Wildman–Crippen MR) is 89.7 cm³/mol. The van der Waals surface area contributed by atoms with Gasteiger partial charge >= 0.3 is 0 Å². The molecule has 0 atom stereocenters. The fraction of sp³-hybridized carbons (Fsp3) is 0.294. The Kier molecular flexibility index (Phi) is 6.28. The number of carbonyl (C=O) groups is 1. The van der Waals surface area contributed by atoms with Gasteiger partial charge in [0.1, 0.15) is 0 Å². The number of benzene rings is 1. The fourth-order valence-electron chi connectivity index (χ4n) is 1.92. The summed E-state index contributed by atoms with van der Waals surface area (Å²) in [7, 11) is 0. The highest BCUT2D eigenvalue weighted by Crippen LogP contribution is 2.14. The maximum Gasteiger partial charge on any atom is 0.225 e. The van der Waals surface area contributed by atoms with Crippen LogP contribution in [0.25, 0.3) is 0 Å². The molecule has 1 N–H and O–H groups in total. The van der Waals surface area contributed by atoms with Crippen molar-refractivity contribution in [3.05, 3.63) is 59.9 Å². The van der Waals surface area contributed by atoms with Gasteiger partial charge in [0.2, 0.25) is 5.91 Å². The first-order valence-corrected chi connectivity index (χ1v) is 8.24. The standard InChI is InChI=1S/C17H20N2OS/c1-14-6-2-3-8-16(14)19-17(20)10-13-21-12-9-15-7-4-5-11-18-15/h2-8,11H,9-10,12-13H2,1H3,(H,19,20). The van der Waals surface area contributed by atoms with Crippen molar-refractivity contribution in [3.8, 4) is 0 Å². The van der Waals surface area contributed by atoms with E-state index in [1.54, 1.807) is 11.8 Å². The molecule has 21 heavy (non-hydrogen) atoms. The van der Waals surface area contributed by atoms with Gasteiger partial charge < -0.3 is 5.32 Å². The van der Waals surface area contributed by atoms with Crippen LogP contribution < -0.4 is 5.32 Å². The van der Waals surface area contributed by atoms with Crippen molar-refractivity contribution >= 4 is 23.4 Å². The molecule has 0 saturated carbocycles. The van der Waals surface area contributed by atoms with Crippen molar-refractivity contribution < 1.29 is 4.79 Å². The molecule has 2 rings (SSSR count). The van der Waals surface area contributed by atoms with E-state index in [0.717, 1.165) is 34.9 Å². The van der Waals surface area contributed by atoms with Crippen molar-refractivity contribution in [1.29, 1.82) is 0 Å². The van der Waals surface area contributed by atoms with Gasteiger partial charge in [-0.25, -0.2) is 0 Å². The molecule has 0 aliphatic carbocycles. The van der Waals surface area contributed by atoms with Crippen LogP contribution in [0.15, 0.2) is 48.7 Å². The molecule has 0 aliphatic heterocycles. The number of nitrogens with zero attached hydrogens (tertiary/aromatic N) is 1. The Balaban J connectivity index is 1.63. The zero-order valence-electron chi connectivity index (χ0n) is 12.2. The van der Waals surface area contributed by atoms with Gasteiger partial charge in [-0.15, -0.1) is 0 Å². The first kappa shape index (κ1) is 15.6. The first-order chi connectivity index (χ1) is 10.3. The number of hydrogen-bond donors (Lipinski definition) is 1. The summed E-state index contributed by atoms with van der Waals surface area (Å²) in [6.07, 6.45) is 3.31. The zero-order valence-corrected chi connectivity index (χ0v) is 13.0. The zero-order chi connectivity index (χ0) is 14.9. The summed E-state index contributed by atoms with van der Waals surface area (Å²) < 4.78 is 0. The molecule has 1 heterocycles. The summed E-state index contributed by atoms with van der Waals surface area (Å²) in [5.74, 6) is 1.91. The van der Waals surface area contributed by atoms with E-state index in [4.69, 9.17) is 0 Å². The van der Waals surface area contributed by atoms with Crippen LogP contribution in [0.3, 0.4) is 0 Å². The van der Waals surface area contributed by atoms with E-state index in [2.05, 4.69) is 10.3 Å². The number of nitrogens with one attached hydrogen (secondary N) is 1. The third-order valence-corrected chi connectivity index (χ3v) is 4.11. The van der Waals surface area contributed by atoms with Gasteiger partial charge in [0.25, 0.3) is 0 Å². The lowest BCUT2D eigenvalue weighted by atomic mass is 10.2. The van der Waals surface area contributed by atoms with Gasteiger partial charge in [0.05, 0.1) is 0 Å². The summed E-state index contributed by atoms with van der Waals surface area (Å²) in [5.41, 5.74) is 3.10. The lowest BCUT2D eigenvalue weighted by molar-refractivity contribution is -0.115. The third kappa shape index (κ3) is 5.60. The fourth-order valence-corrected chi connectivity index (χ4v) is 2.80. The number of pyridine rings is 1. The molecule has 3 nitrogen and oxygen atoms in total. The molecular weight excluding hydrogens is 280 g/mol. The van der Waals surface area contributed by atoms with E-state index in [0.29, 0.717) is 6.42 Å². The maximum atomic E-state index is 11.9. The molecule has 1 aromatic heterocycles. The molecule has 0 bridgehead atoms. The van der Waals surface area contributed by atoms with Crippen LogP contribution in [0.4, 0.5) is 5.69 Å². The van der Waals surface area contributed by atoms with Crippen LogP contribution in [0.1, 0.15) is 17.7 Å². The van der Waals surface area contributed by atoms with Gasteiger partial charge in [-0.2, -0.15) is 11.8 Å². The third-order valence-electron chi connectivity index (χ3n) is 3.12. The molecule has 0 saturated heterocycles. The summed E-state index contributed by atoms with van der Waals surface area (Å²) in [5, 5.41) is 2.95. The SMILES string of the molecule is Cc1ccccc1NC(=O)CCSCCc1ccccn1. The molecule has 0 aliphatic rings. The van der Waals surface area contributed by atoms with Crippen LogP contribution in [-0.4, -0.2) is 22.4 Å². The lowest BCUT2D eigenvalue weighted by Crippen LogP contribution is -2.13. The van der Waals surface area contributed by atoms with Crippen molar-refractivity contribution in [3.63, 3.8) is 0 Å². The molecule has 1 amide bonds. The number of rotatable bonds is 7. The van der Waals surface area contributed by atoms with Gasteiger partial charge in [-0.05, 0) is 42.9 Å². The van der Waals surface area contributed by atoms with Crippen LogP contribution >= 0.6 is 11.8 Å². The molecule has 4 heteroatoms. The van der Waals surface area contributed by atoms with Crippen LogP contribution in [0.2, 0.25) is 0 Å². The first-order valence-electron chi connectivity index (χ1n) is 7.09. The molecule has 0 radical (unpaired) electrons. The number of anilines is 1. The van der Waals surface area contributed by atoms with E-state index in [1.807, 2.05) is 55.6 Å². The minimum atomic E-state index is 0.0784. The molecule has 110 valence electrons. The summed E-state index contributed by atoms with van der Waals surface area (Å²) in [4.78, 5) is 16.1. The Morgan fingerprint density at radius 1 is 1.14 bits per heavy atom. The van der Waals surface area contributed by atoms with E-state index in [9.17, 15) is 4.79 Å². The van der Waals surface area contributed by atoms with Gasteiger partial charge in [-0.1, -0.05) is 24.3 Å². The minimum Gasteiger partial charge on any atom is -0.326 e. The van der Waals surface area contributed by atoms with Crippen molar-refractivity contribution in [1.82, 2.24) is 4.98 Å². The largest absolute Gasteiger partial charge is 0.326 e. The average Bonchev–Trinajstić information content (AvgIpc) is 2.50. The van der Waals surface area contributed by atoms with E-state index >= 15 is 0 Å². The Bertz CT molecular complexity index is 572. The number of aromatic nitrogens is 1. The lowest BCUT2D eigenvalue weighted by Gasteiger charge is -2.07. The van der Waals surface area contributed by atoms with Gasteiger partial charge in [-0.3, -0.25) is 9.78 Å². The second-order valence-corrected chi connectivity index (χ2v) is 6.02. The molecule has 0 spiro atoms. The molecule has 0 unspecified atom stereocenters. The number of hydrogen-bond acceptors (Lipinski definition) is 3. The molecule has 0 fully saturated rings. The monoisotopic (exact) mass is 300 g/mol. The number of carbonyl (C=O) groups excluding carboxylic acids is 1. The topological polar surface area (TPSA) is 42.0 Å². The Morgan fingerprint density at radius 2 is 1.95 bits per heavy atom. The predicted octanol–water partition coefficient (Wildman–Crippen LogP) is 3.69. The highest BCUT2D eigenvalue weighted by Gasteiger charge is 2.04. The molecule has 2 aromatic rings. The van der Waals surface area contributed by atoms with Crippen LogP contribution in [0, 0.1) is 6.92 Å². The van der Waals surface area contributed by atoms with Crippen LogP contribution in [-0.2, 0) is 11.2 Å². The second kappa shape index (κ2) is 8.47. The Morgan fingerprint density at radius 3 is 2.71 bits per heavy atom. The second-order valence-electron chi connectivity index (χ2n) is 4.80. The van der Waals surface area contributed by atoms with E-state index < -0.39 is 0 Å². The molecular formula is C17H20N2OS. The van der Waals surface area contributed by atoms with Crippen molar-refractivity contribution in [2.24, 2.45) is 0 Å². The normalized spacial score (nSPS) is 10.3. The van der Waals surface area contributed by atoms with Crippen molar-refractivity contribution in [2.45, 2.75) is 19.8 Å². The minimum absolute atomic E-state index is 0.0784. The summed E-state index contributed by atoms with van der Waals surface area (Å²) in [6.45, 7) is 2.00. The quantitative estimate of drug-likeness (QED) is 0.793. The van der Waals surface area contributed by atoms with Gasteiger partial charge in [0.15, 0.2) is 0 Å². The number of thioether (sulfide) groups is 1. The number of para-hydroxylation sites is 1.